The summed E-state index contributed by atoms with van der Waals surface area (Å²) in [6.45, 7) is 11.5. The van der Waals surface area contributed by atoms with Crippen molar-refractivity contribution in [3.05, 3.63) is 12.7 Å². The summed E-state index contributed by atoms with van der Waals surface area (Å²) in [4.78, 5) is 36.3. The molecular weight excluding hydrogens is 368 g/mol. The first-order chi connectivity index (χ1) is 13.7. The van der Waals surface area contributed by atoms with Gasteiger partial charge >= 0.3 is 5.97 Å². The molecule has 0 aliphatic rings. The number of carboxylic acids is 1. The largest absolute Gasteiger partial charge is 0.480 e. The van der Waals surface area contributed by atoms with Crippen LogP contribution in [0.1, 0.15) is 91.9 Å². The van der Waals surface area contributed by atoms with E-state index < -0.39 is 24.0 Å². The highest BCUT2D eigenvalue weighted by atomic mass is 16.4. The van der Waals surface area contributed by atoms with Crippen LogP contribution < -0.4 is 10.6 Å². The molecule has 0 rings (SSSR count). The number of carboxylic acid groups (broad SMARTS) is 1. The number of aliphatic carboxylic acids is 1. The molecule has 2 amide bonds. The molecule has 0 radical (unpaired) electrons. The molecule has 2 atom stereocenters. The van der Waals surface area contributed by atoms with Crippen molar-refractivity contribution in [1.82, 2.24) is 10.6 Å². The molecule has 0 saturated heterocycles. The van der Waals surface area contributed by atoms with Gasteiger partial charge in [-0.1, -0.05) is 59.5 Å². The second kappa shape index (κ2) is 16.0. The van der Waals surface area contributed by atoms with Crippen LogP contribution in [0.3, 0.4) is 0 Å². The van der Waals surface area contributed by atoms with E-state index >= 15 is 0 Å². The molecule has 0 bridgehead atoms. The summed E-state index contributed by atoms with van der Waals surface area (Å²) >= 11 is 0. The first-order valence-electron chi connectivity index (χ1n) is 11.1. The van der Waals surface area contributed by atoms with Gasteiger partial charge in [0, 0.05) is 6.42 Å². The monoisotopic (exact) mass is 410 g/mol. The van der Waals surface area contributed by atoms with E-state index in [4.69, 9.17) is 0 Å². The van der Waals surface area contributed by atoms with Gasteiger partial charge < -0.3 is 15.7 Å². The lowest BCUT2D eigenvalue weighted by molar-refractivity contribution is -0.142. The van der Waals surface area contributed by atoms with E-state index in [9.17, 15) is 19.5 Å². The Morgan fingerprint density at radius 1 is 0.828 bits per heavy atom. The van der Waals surface area contributed by atoms with Gasteiger partial charge in [-0.25, -0.2) is 4.79 Å². The van der Waals surface area contributed by atoms with Crippen molar-refractivity contribution >= 4 is 17.8 Å². The maximum atomic E-state index is 12.6. The third-order valence-electron chi connectivity index (χ3n) is 4.74. The first kappa shape index (κ1) is 27.1. The van der Waals surface area contributed by atoms with Gasteiger partial charge in [0.25, 0.3) is 0 Å². The molecule has 29 heavy (non-hydrogen) atoms. The third-order valence-corrected chi connectivity index (χ3v) is 4.74. The second-order valence-electron chi connectivity index (χ2n) is 8.73. The number of rotatable bonds is 17. The van der Waals surface area contributed by atoms with Crippen LogP contribution in [0.5, 0.6) is 0 Å². The summed E-state index contributed by atoms with van der Waals surface area (Å²) in [5, 5.41) is 14.8. The highest BCUT2D eigenvalue weighted by molar-refractivity contribution is 5.90. The normalized spacial score (nSPS) is 13.2. The van der Waals surface area contributed by atoms with Crippen LogP contribution in [-0.2, 0) is 14.4 Å². The zero-order valence-electron chi connectivity index (χ0n) is 18.8. The quantitative estimate of drug-likeness (QED) is 0.244. The number of hydrogen-bond donors (Lipinski definition) is 3. The zero-order chi connectivity index (χ0) is 22.2. The summed E-state index contributed by atoms with van der Waals surface area (Å²) in [6.07, 6.45) is 10.7. The van der Waals surface area contributed by atoms with Crippen molar-refractivity contribution in [2.24, 2.45) is 11.8 Å². The predicted octanol–water partition coefficient (Wildman–Crippen LogP) is 4.44. The minimum atomic E-state index is -1.05. The molecule has 6 heteroatoms. The van der Waals surface area contributed by atoms with Crippen molar-refractivity contribution in [3.63, 3.8) is 0 Å². The molecule has 3 N–H and O–H groups in total. The fourth-order valence-electron chi connectivity index (χ4n) is 3.22. The van der Waals surface area contributed by atoms with Crippen molar-refractivity contribution in [1.29, 1.82) is 0 Å². The number of carbonyl (C=O) groups excluding carboxylic acids is 2. The molecule has 168 valence electrons. The Kier molecular flexibility index (Phi) is 15.0. The van der Waals surface area contributed by atoms with Crippen LogP contribution >= 0.6 is 0 Å². The van der Waals surface area contributed by atoms with E-state index in [1.165, 1.54) is 19.3 Å². The van der Waals surface area contributed by atoms with Crippen molar-refractivity contribution in [3.8, 4) is 0 Å². The van der Waals surface area contributed by atoms with Crippen LogP contribution in [0.15, 0.2) is 12.7 Å². The molecule has 0 aromatic carbocycles. The molecule has 0 aromatic heterocycles. The van der Waals surface area contributed by atoms with E-state index in [1.54, 1.807) is 0 Å². The SMILES string of the molecule is C=CCCCCCCCCC(=O)NC(CC(C)C)C(=O)NC(CC(C)C)C(=O)O. The van der Waals surface area contributed by atoms with Crippen molar-refractivity contribution < 1.29 is 19.5 Å². The van der Waals surface area contributed by atoms with Crippen LogP contribution in [-0.4, -0.2) is 35.0 Å². The summed E-state index contributed by atoms with van der Waals surface area (Å²) in [5.41, 5.74) is 0. The summed E-state index contributed by atoms with van der Waals surface area (Å²) < 4.78 is 0. The molecule has 0 fully saturated rings. The summed E-state index contributed by atoms with van der Waals surface area (Å²) in [7, 11) is 0. The molecule has 0 aliphatic heterocycles. The Morgan fingerprint density at radius 2 is 1.34 bits per heavy atom. The Morgan fingerprint density at radius 3 is 1.86 bits per heavy atom. The Balaban J connectivity index is 4.47. The smallest absolute Gasteiger partial charge is 0.326 e. The number of hydrogen-bond acceptors (Lipinski definition) is 3. The molecular formula is C23H42N2O4. The minimum Gasteiger partial charge on any atom is -0.480 e. The third kappa shape index (κ3) is 14.8. The maximum Gasteiger partial charge on any atom is 0.326 e. The lowest BCUT2D eigenvalue weighted by atomic mass is 10.0. The number of carbonyl (C=O) groups is 3. The topological polar surface area (TPSA) is 95.5 Å². The number of unbranched alkanes of at least 4 members (excludes halogenated alkanes) is 6. The van der Waals surface area contributed by atoms with Gasteiger partial charge in [0.15, 0.2) is 0 Å². The van der Waals surface area contributed by atoms with E-state index in [2.05, 4.69) is 17.2 Å². The maximum absolute atomic E-state index is 12.6. The van der Waals surface area contributed by atoms with Crippen molar-refractivity contribution in [2.75, 3.05) is 0 Å². The lowest BCUT2D eigenvalue weighted by Gasteiger charge is -2.23. The van der Waals surface area contributed by atoms with Gasteiger partial charge in [-0.15, -0.1) is 6.58 Å². The summed E-state index contributed by atoms with van der Waals surface area (Å²) in [6, 6.07) is -1.63. The number of nitrogens with one attached hydrogen (secondary N) is 2. The molecule has 0 saturated carbocycles. The van der Waals surface area contributed by atoms with E-state index in [0.717, 1.165) is 25.7 Å². The van der Waals surface area contributed by atoms with Crippen LogP contribution in [0.25, 0.3) is 0 Å². The lowest BCUT2D eigenvalue weighted by Crippen LogP contribution is -2.52. The van der Waals surface area contributed by atoms with Gasteiger partial charge in [0.1, 0.15) is 12.1 Å². The Hall–Kier alpha value is -1.85. The molecule has 6 nitrogen and oxygen atoms in total. The standard InChI is InChI=1S/C23H42N2O4/c1-6-7-8-9-10-11-12-13-14-21(26)24-19(15-17(2)3)22(27)25-20(23(28)29)16-18(4)5/h6,17-20H,1,7-16H2,2-5H3,(H,24,26)(H,25,27)(H,28,29). The van der Waals surface area contributed by atoms with Gasteiger partial charge in [-0.3, -0.25) is 9.59 Å². The van der Waals surface area contributed by atoms with Crippen molar-refractivity contribution in [2.45, 2.75) is 104 Å². The Labute approximate surface area is 176 Å². The highest BCUT2D eigenvalue weighted by Crippen LogP contribution is 2.11. The molecule has 2 unspecified atom stereocenters. The fraction of sp³-hybridized carbons (Fsp3) is 0.783. The Bertz CT molecular complexity index is 503. The zero-order valence-corrected chi connectivity index (χ0v) is 18.8. The van der Waals surface area contributed by atoms with E-state index in [0.29, 0.717) is 19.3 Å². The van der Waals surface area contributed by atoms with E-state index in [1.807, 2.05) is 33.8 Å². The van der Waals surface area contributed by atoms with Gasteiger partial charge in [-0.05, 0) is 43.9 Å². The van der Waals surface area contributed by atoms with Gasteiger partial charge in [0.05, 0.1) is 0 Å². The first-order valence-corrected chi connectivity index (χ1v) is 11.1. The summed E-state index contributed by atoms with van der Waals surface area (Å²) in [5.74, 6) is -1.26. The van der Waals surface area contributed by atoms with Crippen LogP contribution in [0.2, 0.25) is 0 Å². The molecule has 0 heterocycles. The highest BCUT2D eigenvalue weighted by Gasteiger charge is 2.27. The molecule has 0 aliphatic carbocycles. The average Bonchev–Trinajstić information content (AvgIpc) is 2.61. The van der Waals surface area contributed by atoms with Gasteiger partial charge in [-0.2, -0.15) is 0 Å². The predicted molar refractivity (Wildman–Crippen MR) is 118 cm³/mol. The fourth-order valence-corrected chi connectivity index (χ4v) is 3.22. The average molecular weight is 411 g/mol. The minimum absolute atomic E-state index is 0.145. The molecule has 0 spiro atoms. The molecule has 0 aromatic rings. The van der Waals surface area contributed by atoms with Gasteiger partial charge in [0.2, 0.25) is 11.8 Å². The van der Waals surface area contributed by atoms with Crippen LogP contribution in [0, 0.1) is 11.8 Å². The van der Waals surface area contributed by atoms with E-state index in [-0.39, 0.29) is 17.7 Å². The number of allylic oxidation sites excluding steroid dienone is 1. The second-order valence-corrected chi connectivity index (χ2v) is 8.73. The van der Waals surface area contributed by atoms with Crippen LogP contribution in [0.4, 0.5) is 0 Å². The number of amides is 2.